The number of hydrogen-bond acceptors (Lipinski definition) is 3. The summed E-state index contributed by atoms with van der Waals surface area (Å²) in [5.41, 5.74) is 1.36. The first-order valence-electron chi connectivity index (χ1n) is 6.54. The lowest BCUT2D eigenvalue weighted by atomic mass is 10.2. The van der Waals surface area contributed by atoms with Crippen LogP contribution in [-0.2, 0) is 13.0 Å². The van der Waals surface area contributed by atoms with Crippen molar-refractivity contribution in [3.05, 3.63) is 15.6 Å². The number of rotatable bonds is 7. The van der Waals surface area contributed by atoms with Gasteiger partial charge in [0.25, 0.3) is 0 Å². The van der Waals surface area contributed by atoms with Crippen LogP contribution in [0.15, 0.2) is 0 Å². The summed E-state index contributed by atoms with van der Waals surface area (Å²) in [6.45, 7) is 6.58. The number of hydrogen-bond donors (Lipinski definition) is 1. The summed E-state index contributed by atoms with van der Waals surface area (Å²) in [5, 5.41) is 4.89. The predicted octanol–water partition coefficient (Wildman–Crippen LogP) is 3.47. The van der Waals surface area contributed by atoms with E-state index in [1.165, 1.54) is 41.3 Å². The molecule has 1 saturated carbocycles. The van der Waals surface area contributed by atoms with Gasteiger partial charge in [0.15, 0.2) is 0 Å². The first-order valence-corrected chi connectivity index (χ1v) is 7.36. The Morgan fingerprint density at radius 2 is 2.12 bits per heavy atom. The molecule has 2 nitrogen and oxygen atoms in total. The summed E-state index contributed by atoms with van der Waals surface area (Å²) in [4.78, 5) is 6.30. The Morgan fingerprint density at radius 1 is 1.31 bits per heavy atom. The summed E-state index contributed by atoms with van der Waals surface area (Å²) >= 11 is 1.95. The Labute approximate surface area is 102 Å². The summed E-state index contributed by atoms with van der Waals surface area (Å²) in [5.74, 6) is 0.806. The molecule has 1 heterocycles. The fourth-order valence-corrected chi connectivity index (χ4v) is 3.11. The van der Waals surface area contributed by atoms with E-state index in [4.69, 9.17) is 4.98 Å². The zero-order valence-electron chi connectivity index (χ0n) is 10.4. The third-order valence-electron chi connectivity index (χ3n) is 2.92. The second-order valence-corrected chi connectivity index (χ2v) is 5.74. The molecule has 0 radical (unpaired) electrons. The molecular formula is C13H22N2S. The number of nitrogens with zero attached hydrogens (tertiary/aromatic N) is 1. The Kier molecular flexibility index (Phi) is 4.36. The fraction of sp³-hybridized carbons (Fsp3) is 0.769. The van der Waals surface area contributed by atoms with Crippen LogP contribution < -0.4 is 5.32 Å². The minimum Gasteiger partial charge on any atom is -0.312 e. The molecule has 2 rings (SSSR count). The molecule has 90 valence electrons. The van der Waals surface area contributed by atoms with Crippen LogP contribution in [0.3, 0.4) is 0 Å². The molecule has 0 aromatic carbocycles. The lowest BCUT2D eigenvalue weighted by Gasteiger charge is -2.02. The first-order chi connectivity index (χ1) is 7.85. The van der Waals surface area contributed by atoms with E-state index in [1.54, 1.807) is 0 Å². The van der Waals surface area contributed by atoms with Gasteiger partial charge in [0, 0.05) is 17.3 Å². The summed E-state index contributed by atoms with van der Waals surface area (Å²) in [6.07, 6.45) is 6.28. The van der Waals surface area contributed by atoms with Crippen molar-refractivity contribution in [3.8, 4) is 0 Å². The highest BCUT2D eigenvalue weighted by Crippen LogP contribution is 2.42. The molecule has 16 heavy (non-hydrogen) atoms. The third-order valence-corrected chi connectivity index (χ3v) is 4.18. The monoisotopic (exact) mass is 238 g/mol. The Bertz CT molecular complexity index is 329. The van der Waals surface area contributed by atoms with Crippen LogP contribution in [-0.4, -0.2) is 11.5 Å². The van der Waals surface area contributed by atoms with Crippen molar-refractivity contribution in [1.82, 2.24) is 10.3 Å². The van der Waals surface area contributed by atoms with Crippen molar-refractivity contribution in [2.24, 2.45) is 0 Å². The van der Waals surface area contributed by atoms with E-state index in [2.05, 4.69) is 19.2 Å². The third kappa shape index (κ3) is 3.05. The second-order valence-electron chi connectivity index (χ2n) is 4.62. The molecule has 0 atom stereocenters. The van der Waals surface area contributed by atoms with Crippen LogP contribution in [0.5, 0.6) is 0 Å². The van der Waals surface area contributed by atoms with Crippen LogP contribution in [0.25, 0.3) is 0 Å². The Hall–Kier alpha value is -0.410. The summed E-state index contributed by atoms with van der Waals surface area (Å²) in [7, 11) is 0. The molecule has 0 saturated heterocycles. The van der Waals surface area contributed by atoms with Gasteiger partial charge in [0.1, 0.15) is 0 Å². The minimum atomic E-state index is 0.806. The van der Waals surface area contributed by atoms with Crippen LogP contribution in [0.4, 0.5) is 0 Å². The topological polar surface area (TPSA) is 24.9 Å². The lowest BCUT2D eigenvalue weighted by Crippen LogP contribution is -2.13. The molecule has 0 bridgehead atoms. The van der Waals surface area contributed by atoms with Crippen LogP contribution in [0.1, 0.15) is 61.0 Å². The van der Waals surface area contributed by atoms with Gasteiger partial charge in [-0.3, -0.25) is 0 Å². The molecule has 1 aliphatic carbocycles. The van der Waals surface area contributed by atoms with Crippen LogP contribution in [0.2, 0.25) is 0 Å². The van der Waals surface area contributed by atoms with Gasteiger partial charge in [-0.2, -0.15) is 0 Å². The molecule has 1 fully saturated rings. The van der Waals surface area contributed by atoms with E-state index in [-0.39, 0.29) is 0 Å². The highest BCUT2D eigenvalue weighted by atomic mass is 32.1. The first kappa shape index (κ1) is 12.1. The van der Waals surface area contributed by atoms with Crippen molar-refractivity contribution >= 4 is 11.3 Å². The highest BCUT2D eigenvalue weighted by molar-refractivity contribution is 7.11. The van der Waals surface area contributed by atoms with E-state index < -0.39 is 0 Å². The van der Waals surface area contributed by atoms with Gasteiger partial charge in [-0.05, 0) is 32.2 Å². The van der Waals surface area contributed by atoms with Gasteiger partial charge < -0.3 is 5.32 Å². The maximum atomic E-state index is 4.82. The Balaban J connectivity index is 2.00. The smallest absolute Gasteiger partial charge is 0.0962 e. The lowest BCUT2D eigenvalue weighted by molar-refractivity contribution is 0.674. The fourth-order valence-electron chi connectivity index (χ4n) is 1.86. The van der Waals surface area contributed by atoms with Gasteiger partial charge in [-0.25, -0.2) is 4.98 Å². The van der Waals surface area contributed by atoms with Gasteiger partial charge in [-0.15, -0.1) is 11.3 Å². The van der Waals surface area contributed by atoms with Crippen LogP contribution >= 0.6 is 11.3 Å². The van der Waals surface area contributed by atoms with E-state index in [9.17, 15) is 0 Å². The maximum absolute atomic E-state index is 4.82. The normalized spacial score (nSPS) is 15.6. The molecule has 3 heteroatoms. The van der Waals surface area contributed by atoms with Crippen molar-refractivity contribution < 1.29 is 0 Å². The number of nitrogens with one attached hydrogen (secondary N) is 1. The zero-order chi connectivity index (χ0) is 11.4. The van der Waals surface area contributed by atoms with Crippen molar-refractivity contribution in [2.45, 2.75) is 58.4 Å². The largest absolute Gasteiger partial charge is 0.312 e. The zero-order valence-corrected chi connectivity index (χ0v) is 11.2. The van der Waals surface area contributed by atoms with E-state index in [0.29, 0.717) is 0 Å². The molecular weight excluding hydrogens is 216 g/mol. The summed E-state index contributed by atoms with van der Waals surface area (Å²) in [6, 6.07) is 0. The maximum Gasteiger partial charge on any atom is 0.0962 e. The number of aryl methyl sites for hydroxylation is 1. The standard InChI is InChI=1S/C13H22N2S/c1-3-5-11-12(9-14-8-4-2)16-13(15-11)10-6-7-10/h10,14H,3-9H2,1-2H3. The van der Waals surface area contributed by atoms with Crippen molar-refractivity contribution in [1.29, 1.82) is 0 Å². The highest BCUT2D eigenvalue weighted by Gasteiger charge is 2.27. The van der Waals surface area contributed by atoms with Crippen molar-refractivity contribution in [3.63, 3.8) is 0 Å². The van der Waals surface area contributed by atoms with E-state index >= 15 is 0 Å². The molecule has 0 aliphatic heterocycles. The predicted molar refractivity (Wildman–Crippen MR) is 70.1 cm³/mol. The van der Waals surface area contributed by atoms with Gasteiger partial charge in [-0.1, -0.05) is 20.3 Å². The molecule has 0 unspecified atom stereocenters. The van der Waals surface area contributed by atoms with Gasteiger partial charge in [0.05, 0.1) is 10.7 Å². The second kappa shape index (κ2) is 5.78. The molecule has 0 amide bonds. The van der Waals surface area contributed by atoms with E-state index in [0.717, 1.165) is 25.4 Å². The van der Waals surface area contributed by atoms with Gasteiger partial charge >= 0.3 is 0 Å². The van der Waals surface area contributed by atoms with Gasteiger partial charge in [0.2, 0.25) is 0 Å². The van der Waals surface area contributed by atoms with E-state index in [1.807, 2.05) is 11.3 Å². The molecule has 1 aliphatic rings. The average Bonchev–Trinajstić information content (AvgIpc) is 3.05. The quantitative estimate of drug-likeness (QED) is 0.736. The minimum absolute atomic E-state index is 0.806. The Morgan fingerprint density at radius 3 is 2.75 bits per heavy atom. The molecule has 1 aromatic heterocycles. The molecule has 1 N–H and O–H groups in total. The van der Waals surface area contributed by atoms with Crippen LogP contribution in [0, 0.1) is 0 Å². The summed E-state index contributed by atoms with van der Waals surface area (Å²) < 4.78 is 0. The number of aromatic nitrogens is 1. The molecule has 1 aromatic rings. The SMILES string of the molecule is CCCNCc1sc(C2CC2)nc1CCC. The van der Waals surface area contributed by atoms with Crippen molar-refractivity contribution in [2.75, 3.05) is 6.54 Å². The number of thiazole rings is 1. The molecule has 0 spiro atoms. The average molecular weight is 238 g/mol.